The third-order valence-corrected chi connectivity index (χ3v) is 2.61. The molecule has 0 aliphatic heterocycles. The lowest BCUT2D eigenvalue weighted by Crippen LogP contribution is -2.05. The first-order valence-electron chi connectivity index (χ1n) is 5.20. The average Bonchev–Trinajstić information content (AvgIpc) is 2.38. The van der Waals surface area contributed by atoms with E-state index in [9.17, 15) is 0 Å². The van der Waals surface area contributed by atoms with Crippen molar-refractivity contribution in [2.75, 3.05) is 0 Å². The normalized spacial score (nSPS) is 11.3. The van der Waals surface area contributed by atoms with E-state index in [1.54, 1.807) is 0 Å². The molecule has 0 aromatic carbocycles. The fraction of sp³-hybridized carbons (Fsp3) is 0.727. The molecule has 80 valence electrons. The Morgan fingerprint density at radius 1 is 1.36 bits per heavy atom. The molecule has 1 N–H and O–H groups in total. The summed E-state index contributed by atoms with van der Waals surface area (Å²) in [7, 11) is 0. The minimum atomic E-state index is 0.0966. The molecule has 0 radical (unpaired) electrons. The van der Waals surface area contributed by atoms with Crippen LogP contribution in [-0.2, 0) is 13.2 Å². The molecule has 1 aromatic heterocycles. The molecule has 1 heterocycles. The summed E-state index contributed by atoms with van der Waals surface area (Å²) in [6, 6.07) is 0. The van der Waals surface area contributed by atoms with E-state index in [0.717, 1.165) is 29.9 Å². The Balaban J connectivity index is 2.78. The van der Waals surface area contributed by atoms with E-state index in [2.05, 4.69) is 18.9 Å². The Bertz CT molecular complexity index is 302. The minimum absolute atomic E-state index is 0.0966. The van der Waals surface area contributed by atoms with Gasteiger partial charge in [-0.1, -0.05) is 13.8 Å². The second kappa shape index (κ2) is 4.60. The molecular weight excluding hydrogens is 176 g/mol. The first kappa shape index (κ1) is 11.2. The Hall–Kier alpha value is -0.830. The van der Waals surface area contributed by atoms with Crippen LogP contribution in [0.5, 0.6) is 0 Å². The third-order valence-electron chi connectivity index (χ3n) is 2.61. The fourth-order valence-electron chi connectivity index (χ4n) is 1.56. The lowest BCUT2D eigenvalue weighted by atomic mass is 10.1. The fourth-order valence-corrected chi connectivity index (χ4v) is 1.56. The molecule has 0 bridgehead atoms. The van der Waals surface area contributed by atoms with Crippen molar-refractivity contribution in [2.45, 2.75) is 47.3 Å². The molecule has 0 unspecified atom stereocenters. The molecule has 0 saturated heterocycles. The summed E-state index contributed by atoms with van der Waals surface area (Å²) < 4.78 is 2.00. The summed E-state index contributed by atoms with van der Waals surface area (Å²) in [5.41, 5.74) is 3.04. The van der Waals surface area contributed by atoms with Gasteiger partial charge in [0.1, 0.15) is 0 Å². The van der Waals surface area contributed by atoms with Gasteiger partial charge in [0.05, 0.1) is 12.3 Å². The predicted molar refractivity (Wildman–Crippen MR) is 57.1 cm³/mol. The molecule has 0 atom stereocenters. The van der Waals surface area contributed by atoms with Crippen molar-refractivity contribution in [1.82, 2.24) is 9.78 Å². The smallest absolute Gasteiger partial charge is 0.0718 e. The van der Waals surface area contributed by atoms with Crippen molar-refractivity contribution in [3.05, 3.63) is 17.0 Å². The maximum atomic E-state index is 9.14. The van der Waals surface area contributed by atoms with Gasteiger partial charge < -0.3 is 5.11 Å². The van der Waals surface area contributed by atoms with Crippen molar-refractivity contribution >= 4 is 0 Å². The maximum Gasteiger partial charge on any atom is 0.0718 e. The van der Waals surface area contributed by atoms with Crippen LogP contribution >= 0.6 is 0 Å². The molecule has 3 heteroatoms. The first-order chi connectivity index (χ1) is 6.56. The van der Waals surface area contributed by atoms with Gasteiger partial charge in [-0.15, -0.1) is 0 Å². The lowest BCUT2D eigenvalue weighted by molar-refractivity contribution is 0.280. The lowest BCUT2D eigenvalue weighted by Gasteiger charge is -2.06. The number of aromatic nitrogens is 2. The van der Waals surface area contributed by atoms with Crippen LogP contribution in [0.4, 0.5) is 0 Å². The van der Waals surface area contributed by atoms with Crippen LogP contribution < -0.4 is 0 Å². The summed E-state index contributed by atoms with van der Waals surface area (Å²) in [6.45, 7) is 9.43. The van der Waals surface area contributed by atoms with Crippen LogP contribution in [0.1, 0.15) is 37.2 Å². The van der Waals surface area contributed by atoms with Crippen LogP contribution in [-0.4, -0.2) is 14.9 Å². The Morgan fingerprint density at radius 3 is 2.43 bits per heavy atom. The highest BCUT2D eigenvalue weighted by molar-refractivity contribution is 5.23. The van der Waals surface area contributed by atoms with Crippen LogP contribution in [0.15, 0.2) is 0 Å². The monoisotopic (exact) mass is 196 g/mol. The zero-order valence-electron chi connectivity index (χ0n) is 9.54. The Morgan fingerprint density at radius 2 is 2.00 bits per heavy atom. The molecule has 0 amide bonds. The molecule has 0 fully saturated rings. The highest BCUT2D eigenvalue weighted by Crippen LogP contribution is 2.14. The number of aliphatic hydroxyl groups excluding tert-OH is 1. The van der Waals surface area contributed by atoms with Crippen molar-refractivity contribution in [3.63, 3.8) is 0 Å². The highest BCUT2D eigenvalue weighted by Gasteiger charge is 2.09. The summed E-state index contributed by atoms with van der Waals surface area (Å²) in [5, 5.41) is 13.5. The molecule has 1 rings (SSSR count). The molecular formula is C11H20N2O. The van der Waals surface area contributed by atoms with Gasteiger partial charge in [-0.3, -0.25) is 4.68 Å². The van der Waals surface area contributed by atoms with Gasteiger partial charge in [-0.05, 0) is 26.2 Å². The van der Waals surface area contributed by atoms with Crippen LogP contribution in [0.2, 0.25) is 0 Å². The van der Waals surface area contributed by atoms with Crippen molar-refractivity contribution < 1.29 is 5.11 Å². The van der Waals surface area contributed by atoms with Crippen molar-refractivity contribution in [2.24, 2.45) is 5.92 Å². The SMILES string of the molecule is Cc1nn(CCC(C)C)c(C)c1CO. The minimum Gasteiger partial charge on any atom is -0.392 e. The summed E-state index contributed by atoms with van der Waals surface area (Å²) in [5.74, 6) is 0.691. The molecule has 3 nitrogen and oxygen atoms in total. The van der Waals surface area contributed by atoms with Gasteiger partial charge in [0.25, 0.3) is 0 Å². The number of rotatable bonds is 4. The van der Waals surface area contributed by atoms with E-state index in [1.807, 2.05) is 18.5 Å². The maximum absolute atomic E-state index is 9.14. The van der Waals surface area contributed by atoms with E-state index in [-0.39, 0.29) is 6.61 Å². The van der Waals surface area contributed by atoms with E-state index in [4.69, 9.17) is 5.11 Å². The van der Waals surface area contributed by atoms with Gasteiger partial charge in [0, 0.05) is 17.8 Å². The van der Waals surface area contributed by atoms with Crippen LogP contribution in [0.3, 0.4) is 0 Å². The van der Waals surface area contributed by atoms with Gasteiger partial charge >= 0.3 is 0 Å². The summed E-state index contributed by atoms with van der Waals surface area (Å²) in [6.07, 6.45) is 1.13. The number of hydrogen-bond donors (Lipinski definition) is 1. The van der Waals surface area contributed by atoms with Crippen LogP contribution in [0, 0.1) is 19.8 Å². The van der Waals surface area contributed by atoms with E-state index >= 15 is 0 Å². The van der Waals surface area contributed by atoms with Gasteiger partial charge in [0.15, 0.2) is 0 Å². The average molecular weight is 196 g/mol. The summed E-state index contributed by atoms with van der Waals surface area (Å²) >= 11 is 0. The number of aliphatic hydroxyl groups is 1. The number of hydrogen-bond acceptors (Lipinski definition) is 2. The third kappa shape index (κ3) is 2.35. The molecule has 14 heavy (non-hydrogen) atoms. The Kier molecular flexibility index (Phi) is 3.69. The van der Waals surface area contributed by atoms with E-state index in [0.29, 0.717) is 5.92 Å². The largest absolute Gasteiger partial charge is 0.392 e. The van der Waals surface area contributed by atoms with Gasteiger partial charge in [-0.25, -0.2) is 0 Å². The van der Waals surface area contributed by atoms with Crippen LogP contribution in [0.25, 0.3) is 0 Å². The predicted octanol–water partition coefficient (Wildman–Crippen LogP) is 2.04. The van der Waals surface area contributed by atoms with E-state index in [1.165, 1.54) is 0 Å². The molecule has 0 spiro atoms. The van der Waals surface area contributed by atoms with Crippen molar-refractivity contribution in [3.8, 4) is 0 Å². The molecule has 1 aromatic rings. The molecule has 0 saturated carbocycles. The van der Waals surface area contributed by atoms with Gasteiger partial charge in [0.2, 0.25) is 0 Å². The standard InChI is InChI=1S/C11H20N2O/c1-8(2)5-6-13-10(4)11(7-14)9(3)12-13/h8,14H,5-7H2,1-4H3. The van der Waals surface area contributed by atoms with E-state index < -0.39 is 0 Å². The topological polar surface area (TPSA) is 38.0 Å². The first-order valence-corrected chi connectivity index (χ1v) is 5.20. The zero-order chi connectivity index (χ0) is 10.7. The quantitative estimate of drug-likeness (QED) is 0.800. The number of aryl methyl sites for hydroxylation is 2. The second-order valence-corrected chi connectivity index (χ2v) is 4.21. The highest BCUT2D eigenvalue weighted by atomic mass is 16.3. The molecule has 0 aliphatic rings. The van der Waals surface area contributed by atoms with Gasteiger partial charge in [-0.2, -0.15) is 5.10 Å². The summed E-state index contributed by atoms with van der Waals surface area (Å²) in [4.78, 5) is 0. The Labute approximate surface area is 85.8 Å². The van der Waals surface area contributed by atoms with Crippen molar-refractivity contribution in [1.29, 1.82) is 0 Å². The second-order valence-electron chi connectivity index (χ2n) is 4.21. The number of nitrogens with zero attached hydrogens (tertiary/aromatic N) is 2. The molecule has 0 aliphatic carbocycles. The zero-order valence-corrected chi connectivity index (χ0v) is 9.54.